The number of nitrogens with one attached hydrogen (secondary N) is 3. The SMILES string of the molecule is CCNc1cc(NCCNS(=O)(=O)c2cn(C(C)C)cn2)nc(C)n1. The van der Waals surface area contributed by atoms with E-state index in [1.807, 2.05) is 20.8 Å². The summed E-state index contributed by atoms with van der Waals surface area (Å²) >= 11 is 0. The molecule has 2 rings (SSSR count). The summed E-state index contributed by atoms with van der Waals surface area (Å²) in [5, 5.41) is 6.23. The van der Waals surface area contributed by atoms with Crippen LogP contribution in [0.25, 0.3) is 0 Å². The van der Waals surface area contributed by atoms with Gasteiger partial charge in [-0.15, -0.1) is 0 Å². The number of hydrogen-bond donors (Lipinski definition) is 3. The molecule has 0 fully saturated rings. The van der Waals surface area contributed by atoms with E-state index in [4.69, 9.17) is 0 Å². The quantitative estimate of drug-likeness (QED) is 0.574. The lowest BCUT2D eigenvalue weighted by Gasteiger charge is -2.10. The first-order chi connectivity index (χ1) is 11.8. The van der Waals surface area contributed by atoms with Crippen LogP contribution in [0.1, 0.15) is 32.6 Å². The topological polar surface area (TPSA) is 114 Å². The van der Waals surface area contributed by atoms with Gasteiger partial charge in [-0.1, -0.05) is 0 Å². The van der Waals surface area contributed by atoms with Crippen LogP contribution in [0.4, 0.5) is 11.6 Å². The molecule has 0 radical (unpaired) electrons. The lowest BCUT2D eigenvalue weighted by Crippen LogP contribution is -2.29. The van der Waals surface area contributed by atoms with Crippen LogP contribution in [0, 0.1) is 6.92 Å². The summed E-state index contributed by atoms with van der Waals surface area (Å²) in [5.41, 5.74) is 0. The summed E-state index contributed by atoms with van der Waals surface area (Å²) in [6.45, 7) is 9.09. The minimum absolute atomic E-state index is 0.0218. The van der Waals surface area contributed by atoms with Crippen molar-refractivity contribution >= 4 is 21.7 Å². The molecule has 0 saturated heterocycles. The molecule has 138 valence electrons. The summed E-state index contributed by atoms with van der Waals surface area (Å²) in [7, 11) is -3.62. The average molecular weight is 367 g/mol. The summed E-state index contributed by atoms with van der Waals surface area (Å²) in [4.78, 5) is 12.5. The van der Waals surface area contributed by atoms with Crippen LogP contribution in [-0.4, -0.2) is 47.6 Å². The van der Waals surface area contributed by atoms with Gasteiger partial charge in [0, 0.05) is 37.9 Å². The van der Waals surface area contributed by atoms with Crippen molar-refractivity contribution in [3.8, 4) is 0 Å². The summed E-state index contributed by atoms with van der Waals surface area (Å²) < 4.78 is 28.7. The van der Waals surface area contributed by atoms with E-state index < -0.39 is 10.0 Å². The van der Waals surface area contributed by atoms with Gasteiger partial charge in [0.2, 0.25) is 0 Å². The third-order valence-corrected chi connectivity index (χ3v) is 4.71. The van der Waals surface area contributed by atoms with E-state index in [0.717, 1.165) is 12.4 Å². The highest BCUT2D eigenvalue weighted by Crippen LogP contribution is 2.11. The Kier molecular flexibility index (Phi) is 6.32. The highest BCUT2D eigenvalue weighted by atomic mass is 32.2. The molecule has 0 aromatic carbocycles. The average Bonchev–Trinajstić information content (AvgIpc) is 3.02. The Morgan fingerprint density at radius 2 is 1.84 bits per heavy atom. The van der Waals surface area contributed by atoms with Crippen LogP contribution < -0.4 is 15.4 Å². The molecule has 0 bridgehead atoms. The Bertz CT molecular complexity index is 802. The van der Waals surface area contributed by atoms with Crippen LogP contribution in [0.5, 0.6) is 0 Å². The minimum atomic E-state index is -3.62. The zero-order valence-corrected chi connectivity index (χ0v) is 15.8. The number of aromatic nitrogens is 4. The molecule has 2 aromatic heterocycles. The van der Waals surface area contributed by atoms with Gasteiger partial charge in [-0.25, -0.2) is 28.1 Å². The molecule has 0 aliphatic carbocycles. The van der Waals surface area contributed by atoms with Crippen LogP contribution in [0.15, 0.2) is 23.6 Å². The normalized spacial score (nSPS) is 11.7. The molecule has 0 unspecified atom stereocenters. The van der Waals surface area contributed by atoms with Gasteiger partial charge in [-0.05, 0) is 27.7 Å². The van der Waals surface area contributed by atoms with Gasteiger partial charge in [-0.2, -0.15) is 0 Å². The Balaban J connectivity index is 1.89. The van der Waals surface area contributed by atoms with E-state index in [1.165, 1.54) is 12.5 Å². The molecule has 0 atom stereocenters. The Hall–Kier alpha value is -2.20. The maximum absolute atomic E-state index is 12.2. The molecule has 2 aromatic rings. The number of anilines is 2. The Morgan fingerprint density at radius 3 is 2.44 bits per heavy atom. The van der Waals surface area contributed by atoms with Crippen molar-refractivity contribution in [3.63, 3.8) is 0 Å². The number of hydrogen-bond acceptors (Lipinski definition) is 7. The molecule has 0 aliphatic heterocycles. The van der Waals surface area contributed by atoms with Gasteiger partial charge >= 0.3 is 0 Å². The molecule has 0 amide bonds. The van der Waals surface area contributed by atoms with E-state index in [1.54, 1.807) is 17.6 Å². The number of imidazole rings is 1. The molecular weight excluding hydrogens is 342 g/mol. The molecule has 3 N–H and O–H groups in total. The zero-order valence-electron chi connectivity index (χ0n) is 14.9. The predicted octanol–water partition coefficient (Wildman–Crippen LogP) is 1.38. The van der Waals surface area contributed by atoms with Crippen molar-refractivity contribution in [2.24, 2.45) is 0 Å². The van der Waals surface area contributed by atoms with Crippen molar-refractivity contribution in [1.82, 2.24) is 24.2 Å². The Labute approximate surface area is 148 Å². The van der Waals surface area contributed by atoms with Gasteiger partial charge in [0.05, 0.1) is 6.33 Å². The van der Waals surface area contributed by atoms with Crippen molar-refractivity contribution in [2.75, 3.05) is 30.3 Å². The second kappa shape index (κ2) is 8.26. The molecule has 25 heavy (non-hydrogen) atoms. The smallest absolute Gasteiger partial charge is 0.259 e. The minimum Gasteiger partial charge on any atom is -0.370 e. The van der Waals surface area contributed by atoms with E-state index >= 15 is 0 Å². The van der Waals surface area contributed by atoms with Crippen LogP contribution >= 0.6 is 0 Å². The van der Waals surface area contributed by atoms with Gasteiger partial charge in [-0.3, -0.25) is 0 Å². The number of aryl methyl sites for hydroxylation is 1. The molecule has 2 heterocycles. The maximum Gasteiger partial charge on any atom is 0.259 e. The van der Waals surface area contributed by atoms with E-state index in [9.17, 15) is 8.42 Å². The summed E-state index contributed by atoms with van der Waals surface area (Å²) in [5.74, 6) is 2.02. The van der Waals surface area contributed by atoms with Crippen LogP contribution in [0.3, 0.4) is 0 Å². The first kappa shape index (κ1) is 19.1. The summed E-state index contributed by atoms with van der Waals surface area (Å²) in [6.07, 6.45) is 3.04. The molecular formula is C15H25N7O2S. The highest BCUT2D eigenvalue weighted by Gasteiger charge is 2.17. The first-order valence-corrected chi connectivity index (χ1v) is 9.66. The zero-order chi connectivity index (χ0) is 18.4. The number of sulfonamides is 1. The first-order valence-electron chi connectivity index (χ1n) is 8.18. The fourth-order valence-corrected chi connectivity index (χ4v) is 3.08. The molecule has 10 heteroatoms. The predicted molar refractivity (Wildman–Crippen MR) is 97.2 cm³/mol. The fraction of sp³-hybridized carbons (Fsp3) is 0.533. The van der Waals surface area contributed by atoms with E-state index in [-0.39, 0.29) is 17.6 Å². The van der Waals surface area contributed by atoms with Crippen molar-refractivity contribution in [3.05, 3.63) is 24.4 Å². The second-order valence-corrected chi connectivity index (χ2v) is 7.51. The van der Waals surface area contributed by atoms with Gasteiger partial charge in [0.1, 0.15) is 17.5 Å². The summed E-state index contributed by atoms with van der Waals surface area (Å²) in [6, 6.07) is 1.94. The van der Waals surface area contributed by atoms with Gasteiger partial charge in [0.25, 0.3) is 10.0 Å². The third kappa shape index (κ3) is 5.40. The van der Waals surface area contributed by atoms with Crippen LogP contribution in [0.2, 0.25) is 0 Å². The fourth-order valence-electron chi connectivity index (χ4n) is 2.12. The lowest BCUT2D eigenvalue weighted by molar-refractivity contribution is 0.577. The van der Waals surface area contributed by atoms with Gasteiger partial charge in [0.15, 0.2) is 5.03 Å². The monoisotopic (exact) mass is 367 g/mol. The van der Waals surface area contributed by atoms with Gasteiger partial charge < -0.3 is 15.2 Å². The Morgan fingerprint density at radius 1 is 1.16 bits per heavy atom. The number of rotatable bonds is 9. The lowest BCUT2D eigenvalue weighted by atomic mass is 10.4. The maximum atomic E-state index is 12.2. The molecule has 0 saturated carbocycles. The molecule has 0 spiro atoms. The largest absolute Gasteiger partial charge is 0.370 e. The molecule has 9 nitrogen and oxygen atoms in total. The van der Waals surface area contributed by atoms with E-state index in [0.29, 0.717) is 18.2 Å². The van der Waals surface area contributed by atoms with Crippen LogP contribution in [-0.2, 0) is 10.0 Å². The van der Waals surface area contributed by atoms with Crippen molar-refractivity contribution in [2.45, 2.75) is 38.8 Å². The van der Waals surface area contributed by atoms with E-state index in [2.05, 4.69) is 30.3 Å². The number of nitrogens with zero attached hydrogens (tertiary/aromatic N) is 4. The molecule has 0 aliphatic rings. The second-order valence-electron chi connectivity index (χ2n) is 5.79. The standard InChI is InChI=1S/C15H25N7O2S/c1-5-16-13-8-14(21-12(4)20-13)17-6-7-19-25(23,24)15-9-22(10-18-15)11(2)3/h8-11,19H,5-7H2,1-4H3,(H2,16,17,20,21). The van der Waals surface area contributed by atoms with Crippen molar-refractivity contribution < 1.29 is 8.42 Å². The third-order valence-electron chi connectivity index (χ3n) is 3.37. The van der Waals surface area contributed by atoms with Crippen molar-refractivity contribution in [1.29, 1.82) is 0 Å². The highest BCUT2D eigenvalue weighted by molar-refractivity contribution is 7.89.